The zero-order valence-corrected chi connectivity index (χ0v) is 10.6. The molecule has 0 amide bonds. The van der Waals surface area contributed by atoms with E-state index in [9.17, 15) is 14.4 Å². The molecule has 1 atom stereocenters. The molecule has 1 aromatic rings. The molecule has 1 N–H and O–H groups in total. The standard InChI is InChI=1S/C12H9ClN2O4/c1-6-10(16)11(17)9(12(18)19)14-15(6)8-4-2-7(13)3-5-8/h2-6H,1H3,(H,18,19). The molecule has 0 saturated heterocycles. The van der Waals surface area contributed by atoms with Crippen LogP contribution in [0.1, 0.15) is 6.92 Å². The van der Waals surface area contributed by atoms with Gasteiger partial charge in [-0.15, -0.1) is 0 Å². The number of aliphatic carboxylic acids is 1. The number of anilines is 1. The fourth-order valence-electron chi connectivity index (χ4n) is 1.67. The average molecular weight is 281 g/mol. The number of carboxylic acid groups (broad SMARTS) is 1. The van der Waals surface area contributed by atoms with Crippen molar-refractivity contribution in [3.8, 4) is 0 Å². The summed E-state index contributed by atoms with van der Waals surface area (Å²) in [5.41, 5.74) is -0.297. The second kappa shape index (κ2) is 4.81. The molecule has 98 valence electrons. The number of hydrazone groups is 1. The van der Waals surface area contributed by atoms with E-state index in [1.807, 2.05) is 0 Å². The van der Waals surface area contributed by atoms with E-state index in [1.54, 1.807) is 24.3 Å². The number of nitrogens with zero attached hydrogens (tertiary/aromatic N) is 2. The maximum atomic E-state index is 11.7. The smallest absolute Gasteiger partial charge is 0.360 e. The van der Waals surface area contributed by atoms with Crippen LogP contribution in [0.2, 0.25) is 5.02 Å². The van der Waals surface area contributed by atoms with Crippen LogP contribution in [0.4, 0.5) is 5.69 Å². The number of ketones is 2. The average Bonchev–Trinajstić information content (AvgIpc) is 2.37. The second-order valence-electron chi connectivity index (χ2n) is 3.94. The Balaban J connectivity index is 2.49. The van der Waals surface area contributed by atoms with Gasteiger partial charge in [0, 0.05) is 5.02 Å². The highest BCUT2D eigenvalue weighted by molar-refractivity contribution is 6.79. The summed E-state index contributed by atoms with van der Waals surface area (Å²) in [6.07, 6.45) is 0. The first-order valence-corrected chi connectivity index (χ1v) is 5.75. The summed E-state index contributed by atoms with van der Waals surface area (Å²) >= 11 is 5.75. The summed E-state index contributed by atoms with van der Waals surface area (Å²) in [6, 6.07) is 5.49. The normalized spacial score (nSPS) is 19.4. The minimum absolute atomic E-state index is 0.483. The molecule has 1 aliphatic heterocycles. The van der Waals surface area contributed by atoms with Crippen molar-refractivity contribution >= 4 is 40.5 Å². The van der Waals surface area contributed by atoms with Gasteiger partial charge in [0.05, 0.1) is 5.69 Å². The van der Waals surface area contributed by atoms with Crippen LogP contribution in [0.15, 0.2) is 29.4 Å². The van der Waals surface area contributed by atoms with Crippen LogP contribution in [0.25, 0.3) is 0 Å². The Labute approximate surface area is 113 Å². The number of rotatable bonds is 2. The lowest BCUT2D eigenvalue weighted by molar-refractivity contribution is -0.136. The van der Waals surface area contributed by atoms with Crippen molar-refractivity contribution in [3.05, 3.63) is 29.3 Å². The SMILES string of the molecule is CC1C(=O)C(=O)C(C(=O)O)=NN1c1ccc(Cl)cc1. The summed E-state index contributed by atoms with van der Waals surface area (Å²) in [6.45, 7) is 1.48. The summed E-state index contributed by atoms with van der Waals surface area (Å²) in [5.74, 6) is -3.41. The summed E-state index contributed by atoms with van der Waals surface area (Å²) < 4.78 is 0. The molecule has 0 aromatic heterocycles. The van der Waals surface area contributed by atoms with Crippen LogP contribution < -0.4 is 5.01 Å². The first-order chi connectivity index (χ1) is 8.91. The van der Waals surface area contributed by atoms with Crippen molar-refractivity contribution < 1.29 is 19.5 Å². The van der Waals surface area contributed by atoms with Crippen molar-refractivity contribution in [1.29, 1.82) is 0 Å². The molecule has 0 aliphatic carbocycles. The van der Waals surface area contributed by atoms with Gasteiger partial charge in [0.15, 0.2) is 0 Å². The lowest BCUT2D eigenvalue weighted by Crippen LogP contribution is -2.49. The molecule has 0 spiro atoms. The Morgan fingerprint density at radius 2 is 1.89 bits per heavy atom. The van der Waals surface area contributed by atoms with Gasteiger partial charge in [-0.3, -0.25) is 14.6 Å². The topological polar surface area (TPSA) is 87.0 Å². The third-order valence-electron chi connectivity index (χ3n) is 2.69. The van der Waals surface area contributed by atoms with Gasteiger partial charge in [-0.25, -0.2) is 4.79 Å². The Kier molecular flexibility index (Phi) is 3.35. The van der Waals surface area contributed by atoms with Crippen LogP contribution in [0, 0.1) is 0 Å². The maximum Gasteiger partial charge on any atom is 0.360 e. The highest BCUT2D eigenvalue weighted by atomic mass is 35.5. The lowest BCUT2D eigenvalue weighted by atomic mass is 10.0. The molecule has 0 radical (unpaired) electrons. The quantitative estimate of drug-likeness (QED) is 0.821. The van der Waals surface area contributed by atoms with Gasteiger partial charge in [0.1, 0.15) is 6.04 Å². The van der Waals surface area contributed by atoms with E-state index >= 15 is 0 Å². The summed E-state index contributed by atoms with van der Waals surface area (Å²) in [4.78, 5) is 34.1. The number of carboxylic acids is 1. The summed E-state index contributed by atoms with van der Waals surface area (Å²) in [5, 5.41) is 14.3. The molecule has 0 saturated carbocycles. The lowest BCUT2D eigenvalue weighted by Gasteiger charge is -2.28. The molecule has 19 heavy (non-hydrogen) atoms. The Bertz CT molecular complexity index is 594. The van der Waals surface area contributed by atoms with E-state index < -0.39 is 29.3 Å². The molecule has 6 nitrogen and oxygen atoms in total. The van der Waals surface area contributed by atoms with E-state index in [-0.39, 0.29) is 0 Å². The van der Waals surface area contributed by atoms with E-state index in [2.05, 4.69) is 5.10 Å². The van der Waals surface area contributed by atoms with Crippen molar-refractivity contribution in [2.24, 2.45) is 5.10 Å². The number of carbonyl (C=O) groups is 3. The van der Waals surface area contributed by atoms with Gasteiger partial charge in [0.25, 0.3) is 5.78 Å². The van der Waals surface area contributed by atoms with Gasteiger partial charge >= 0.3 is 5.97 Å². The molecule has 2 rings (SSSR count). The van der Waals surface area contributed by atoms with E-state index in [1.165, 1.54) is 11.9 Å². The Morgan fingerprint density at radius 1 is 1.32 bits per heavy atom. The molecule has 1 unspecified atom stereocenters. The Morgan fingerprint density at radius 3 is 2.42 bits per heavy atom. The monoisotopic (exact) mass is 280 g/mol. The van der Waals surface area contributed by atoms with Crippen molar-refractivity contribution in [3.63, 3.8) is 0 Å². The van der Waals surface area contributed by atoms with Crippen molar-refractivity contribution in [2.45, 2.75) is 13.0 Å². The zero-order valence-electron chi connectivity index (χ0n) is 9.83. The molecular formula is C12H9ClN2O4. The molecule has 0 bridgehead atoms. The first-order valence-electron chi connectivity index (χ1n) is 5.37. The number of carbonyl (C=O) groups excluding carboxylic acids is 2. The van der Waals surface area contributed by atoms with Crippen LogP contribution in [0.5, 0.6) is 0 Å². The predicted octanol–water partition coefficient (Wildman–Crippen LogP) is 1.13. The van der Waals surface area contributed by atoms with Crippen LogP contribution in [0.3, 0.4) is 0 Å². The van der Waals surface area contributed by atoms with Crippen LogP contribution in [-0.2, 0) is 14.4 Å². The molecule has 7 heteroatoms. The zero-order chi connectivity index (χ0) is 14.2. The van der Waals surface area contributed by atoms with E-state index in [0.717, 1.165) is 0 Å². The van der Waals surface area contributed by atoms with Gasteiger partial charge in [-0.1, -0.05) is 11.6 Å². The molecule has 1 aromatic carbocycles. The number of benzene rings is 1. The Hall–Kier alpha value is -2.21. The molecular weight excluding hydrogens is 272 g/mol. The van der Waals surface area contributed by atoms with Gasteiger partial charge in [-0.05, 0) is 31.2 Å². The highest BCUT2D eigenvalue weighted by Gasteiger charge is 2.38. The fourth-order valence-corrected chi connectivity index (χ4v) is 1.80. The predicted molar refractivity (Wildman–Crippen MR) is 68.5 cm³/mol. The minimum atomic E-state index is -1.52. The third-order valence-corrected chi connectivity index (χ3v) is 2.94. The molecule has 0 fully saturated rings. The number of hydrogen-bond acceptors (Lipinski definition) is 5. The van der Waals surface area contributed by atoms with Crippen LogP contribution in [-0.4, -0.2) is 34.4 Å². The van der Waals surface area contributed by atoms with Crippen molar-refractivity contribution in [2.75, 3.05) is 5.01 Å². The van der Waals surface area contributed by atoms with Crippen LogP contribution >= 0.6 is 11.6 Å². The number of halogens is 1. The van der Waals surface area contributed by atoms with E-state index in [0.29, 0.717) is 10.7 Å². The molecule has 1 heterocycles. The minimum Gasteiger partial charge on any atom is -0.476 e. The van der Waals surface area contributed by atoms with Gasteiger partial charge in [-0.2, -0.15) is 5.10 Å². The maximum absolute atomic E-state index is 11.7. The summed E-state index contributed by atoms with van der Waals surface area (Å²) in [7, 11) is 0. The first kappa shape index (κ1) is 13.2. The number of hydrogen-bond donors (Lipinski definition) is 1. The largest absolute Gasteiger partial charge is 0.476 e. The third kappa shape index (κ3) is 2.34. The molecule has 1 aliphatic rings. The highest BCUT2D eigenvalue weighted by Crippen LogP contribution is 2.23. The van der Waals surface area contributed by atoms with Crippen molar-refractivity contribution in [1.82, 2.24) is 0 Å². The second-order valence-corrected chi connectivity index (χ2v) is 4.38. The fraction of sp³-hybridized carbons (Fsp3) is 0.167. The number of Topliss-reactive ketones (excluding diaryl/α,β-unsaturated/α-hetero) is 2. The van der Waals surface area contributed by atoms with Gasteiger partial charge in [0.2, 0.25) is 11.5 Å². The van der Waals surface area contributed by atoms with Gasteiger partial charge < -0.3 is 5.11 Å². The van der Waals surface area contributed by atoms with E-state index in [4.69, 9.17) is 16.7 Å².